The standard InChI is InChI=1S/C18H18N4O4S2/c1-2-26-16(23)12-27-18-21-20-17(13-6-4-3-5-7-13)22(18)14-8-10-15(11-9-14)28(19,24)25/h3-11H,2,12H2,1H3,(H2,19,24,25). The van der Waals surface area contributed by atoms with Crippen molar-refractivity contribution in [2.24, 2.45) is 5.14 Å². The average molecular weight is 419 g/mol. The van der Waals surface area contributed by atoms with Gasteiger partial charge in [0.2, 0.25) is 10.0 Å². The zero-order valence-corrected chi connectivity index (χ0v) is 16.6. The van der Waals surface area contributed by atoms with Gasteiger partial charge in [-0.1, -0.05) is 42.1 Å². The second kappa shape index (κ2) is 8.55. The molecule has 10 heteroatoms. The maximum absolute atomic E-state index is 11.7. The molecule has 0 aliphatic rings. The number of aromatic nitrogens is 3. The number of esters is 1. The van der Waals surface area contributed by atoms with Crippen molar-refractivity contribution in [1.29, 1.82) is 0 Å². The van der Waals surface area contributed by atoms with E-state index in [1.807, 2.05) is 30.3 Å². The van der Waals surface area contributed by atoms with E-state index in [0.717, 1.165) is 5.56 Å². The van der Waals surface area contributed by atoms with Crippen molar-refractivity contribution in [2.75, 3.05) is 12.4 Å². The minimum Gasteiger partial charge on any atom is -0.465 e. The van der Waals surface area contributed by atoms with Crippen LogP contribution in [0.5, 0.6) is 0 Å². The van der Waals surface area contributed by atoms with E-state index in [2.05, 4.69) is 10.2 Å². The molecule has 0 unspecified atom stereocenters. The lowest BCUT2D eigenvalue weighted by atomic mass is 10.2. The lowest BCUT2D eigenvalue weighted by molar-refractivity contribution is -0.139. The first-order chi connectivity index (χ1) is 13.4. The van der Waals surface area contributed by atoms with Crippen LogP contribution in [0.3, 0.4) is 0 Å². The van der Waals surface area contributed by atoms with Gasteiger partial charge in [-0.2, -0.15) is 0 Å². The van der Waals surface area contributed by atoms with Gasteiger partial charge in [-0.3, -0.25) is 9.36 Å². The molecule has 0 aliphatic carbocycles. The highest BCUT2D eigenvalue weighted by Crippen LogP contribution is 2.28. The van der Waals surface area contributed by atoms with E-state index in [4.69, 9.17) is 9.88 Å². The third kappa shape index (κ3) is 4.58. The van der Waals surface area contributed by atoms with E-state index < -0.39 is 10.0 Å². The zero-order valence-electron chi connectivity index (χ0n) is 15.0. The fourth-order valence-electron chi connectivity index (χ4n) is 2.48. The summed E-state index contributed by atoms with van der Waals surface area (Å²) in [5.41, 5.74) is 1.47. The van der Waals surface area contributed by atoms with Gasteiger partial charge in [-0.25, -0.2) is 13.6 Å². The number of carbonyl (C=O) groups excluding carboxylic acids is 1. The Bertz CT molecular complexity index is 1060. The number of benzene rings is 2. The SMILES string of the molecule is CCOC(=O)CSc1nnc(-c2ccccc2)n1-c1ccc(S(N)(=O)=O)cc1. The molecule has 0 amide bonds. The first-order valence-electron chi connectivity index (χ1n) is 8.32. The number of thioether (sulfide) groups is 1. The molecule has 0 aliphatic heterocycles. The fraction of sp³-hybridized carbons (Fsp3) is 0.167. The molecule has 0 spiro atoms. The van der Waals surface area contributed by atoms with Gasteiger partial charge in [-0.05, 0) is 31.2 Å². The number of nitrogens with zero attached hydrogens (tertiary/aromatic N) is 3. The summed E-state index contributed by atoms with van der Waals surface area (Å²) < 4.78 is 29.7. The molecule has 2 aromatic carbocycles. The summed E-state index contributed by atoms with van der Waals surface area (Å²) in [6.07, 6.45) is 0. The van der Waals surface area contributed by atoms with Gasteiger partial charge >= 0.3 is 5.97 Å². The van der Waals surface area contributed by atoms with Crippen molar-refractivity contribution in [3.8, 4) is 17.1 Å². The number of nitrogens with two attached hydrogens (primary N) is 1. The van der Waals surface area contributed by atoms with Crippen LogP contribution in [0.25, 0.3) is 17.1 Å². The normalized spacial score (nSPS) is 11.4. The smallest absolute Gasteiger partial charge is 0.316 e. The Labute approximate surface area is 166 Å². The van der Waals surface area contributed by atoms with E-state index in [1.165, 1.54) is 23.9 Å². The Morgan fingerprint density at radius 1 is 1.11 bits per heavy atom. The molecule has 28 heavy (non-hydrogen) atoms. The van der Waals surface area contributed by atoms with Crippen molar-refractivity contribution in [3.63, 3.8) is 0 Å². The Morgan fingerprint density at radius 2 is 1.79 bits per heavy atom. The summed E-state index contributed by atoms with van der Waals surface area (Å²) in [4.78, 5) is 11.7. The van der Waals surface area contributed by atoms with Crippen LogP contribution in [0.4, 0.5) is 0 Å². The van der Waals surface area contributed by atoms with Crippen LogP contribution in [0, 0.1) is 0 Å². The Hall–Kier alpha value is -2.69. The maximum Gasteiger partial charge on any atom is 0.316 e. The molecule has 0 fully saturated rings. The second-order valence-corrected chi connectivity index (χ2v) is 8.14. The lowest BCUT2D eigenvalue weighted by Crippen LogP contribution is -2.12. The minimum absolute atomic E-state index is 0.00584. The van der Waals surface area contributed by atoms with E-state index >= 15 is 0 Å². The van der Waals surface area contributed by atoms with E-state index in [1.54, 1.807) is 23.6 Å². The van der Waals surface area contributed by atoms with Crippen molar-refractivity contribution >= 4 is 27.8 Å². The van der Waals surface area contributed by atoms with Crippen molar-refractivity contribution in [3.05, 3.63) is 54.6 Å². The summed E-state index contributed by atoms with van der Waals surface area (Å²) in [7, 11) is -3.80. The third-order valence-corrected chi connectivity index (χ3v) is 5.54. The quantitative estimate of drug-likeness (QED) is 0.462. The van der Waals surface area contributed by atoms with Gasteiger partial charge in [0, 0.05) is 11.3 Å². The van der Waals surface area contributed by atoms with Gasteiger partial charge in [0.25, 0.3) is 0 Å². The molecule has 1 heterocycles. The molecule has 8 nitrogen and oxygen atoms in total. The first kappa shape index (κ1) is 20.1. The van der Waals surface area contributed by atoms with Gasteiger partial charge in [-0.15, -0.1) is 10.2 Å². The van der Waals surface area contributed by atoms with E-state index in [0.29, 0.717) is 23.3 Å². The molecular weight excluding hydrogens is 400 g/mol. The van der Waals surface area contributed by atoms with E-state index in [9.17, 15) is 13.2 Å². The highest BCUT2D eigenvalue weighted by atomic mass is 32.2. The number of ether oxygens (including phenoxy) is 1. The van der Waals surface area contributed by atoms with Crippen LogP contribution in [0.2, 0.25) is 0 Å². The Balaban J connectivity index is 2.03. The lowest BCUT2D eigenvalue weighted by Gasteiger charge is -2.11. The predicted molar refractivity (Wildman–Crippen MR) is 106 cm³/mol. The second-order valence-electron chi connectivity index (χ2n) is 5.64. The highest BCUT2D eigenvalue weighted by molar-refractivity contribution is 7.99. The largest absolute Gasteiger partial charge is 0.465 e. The van der Waals surface area contributed by atoms with E-state index in [-0.39, 0.29) is 16.6 Å². The maximum atomic E-state index is 11.7. The van der Waals surface area contributed by atoms with Crippen LogP contribution >= 0.6 is 11.8 Å². The van der Waals surface area contributed by atoms with Crippen molar-refractivity contribution < 1.29 is 17.9 Å². The number of rotatable bonds is 7. The Kier molecular flexibility index (Phi) is 6.12. The minimum atomic E-state index is -3.80. The number of hydrogen-bond donors (Lipinski definition) is 1. The molecule has 0 radical (unpaired) electrons. The number of carbonyl (C=O) groups is 1. The summed E-state index contributed by atoms with van der Waals surface area (Å²) in [6, 6.07) is 15.5. The fourth-order valence-corrected chi connectivity index (χ4v) is 3.75. The molecule has 0 atom stereocenters. The van der Waals surface area contributed by atoms with Gasteiger partial charge in [0.15, 0.2) is 11.0 Å². The number of hydrogen-bond acceptors (Lipinski definition) is 7. The van der Waals surface area contributed by atoms with Gasteiger partial charge in [0.05, 0.1) is 17.3 Å². The van der Waals surface area contributed by atoms with Gasteiger partial charge < -0.3 is 4.74 Å². The molecule has 3 rings (SSSR count). The molecule has 0 bridgehead atoms. The number of primary sulfonamides is 1. The molecule has 0 saturated heterocycles. The molecular formula is C18H18N4O4S2. The van der Waals surface area contributed by atoms with Crippen LogP contribution in [0.15, 0.2) is 64.6 Å². The van der Waals surface area contributed by atoms with Gasteiger partial charge in [0.1, 0.15) is 0 Å². The molecule has 1 aromatic heterocycles. The third-order valence-electron chi connectivity index (χ3n) is 3.71. The molecule has 0 saturated carbocycles. The van der Waals surface area contributed by atoms with Crippen LogP contribution in [0.1, 0.15) is 6.92 Å². The van der Waals surface area contributed by atoms with Crippen molar-refractivity contribution in [1.82, 2.24) is 14.8 Å². The number of sulfonamides is 1. The summed E-state index contributed by atoms with van der Waals surface area (Å²) in [5.74, 6) is 0.291. The monoisotopic (exact) mass is 418 g/mol. The van der Waals surface area contributed by atoms with Crippen LogP contribution < -0.4 is 5.14 Å². The first-order valence-corrected chi connectivity index (χ1v) is 10.9. The summed E-state index contributed by atoms with van der Waals surface area (Å²) >= 11 is 1.19. The summed E-state index contributed by atoms with van der Waals surface area (Å²) in [5, 5.41) is 14.1. The molecule has 2 N–H and O–H groups in total. The summed E-state index contributed by atoms with van der Waals surface area (Å²) in [6.45, 7) is 2.04. The van der Waals surface area contributed by atoms with Crippen LogP contribution in [-0.4, -0.2) is 41.5 Å². The topological polar surface area (TPSA) is 117 Å². The highest BCUT2D eigenvalue weighted by Gasteiger charge is 2.18. The Morgan fingerprint density at radius 3 is 2.39 bits per heavy atom. The zero-order chi connectivity index (χ0) is 20.1. The van der Waals surface area contributed by atoms with Crippen LogP contribution in [-0.2, 0) is 19.6 Å². The average Bonchev–Trinajstić information content (AvgIpc) is 3.11. The molecule has 3 aromatic rings. The van der Waals surface area contributed by atoms with Crippen molar-refractivity contribution in [2.45, 2.75) is 17.0 Å². The predicted octanol–water partition coefficient (Wildman–Crippen LogP) is 2.24. The molecule has 146 valence electrons.